The summed E-state index contributed by atoms with van der Waals surface area (Å²) in [6, 6.07) is 15.7. The number of unbranched alkanes of at least 4 members (excludes halogenated alkanes) is 1. The Morgan fingerprint density at radius 3 is 2.35 bits per heavy atom. The molecule has 1 heterocycles. The Morgan fingerprint density at radius 2 is 1.70 bits per heavy atom. The van der Waals surface area contributed by atoms with E-state index in [0.29, 0.717) is 12.1 Å². The molecule has 0 bridgehead atoms. The molecule has 0 spiro atoms. The highest BCUT2D eigenvalue weighted by Crippen LogP contribution is 2.23. The minimum atomic E-state index is 0.333. The Labute approximate surface area is 122 Å². The van der Waals surface area contributed by atoms with E-state index >= 15 is 0 Å². The number of hydrogen-bond donors (Lipinski definition) is 1. The molecule has 0 amide bonds. The molecule has 2 unspecified atom stereocenters. The van der Waals surface area contributed by atoms with Crippen LogP contribution >= 0.6 is 0 Å². The monoisotopic (exact) mass is 268 g/mol. The van der Waals surface area contributed by atoms with Crippen molar-refractivity contribution in [2.24, 2.45) is 0 Å². The lowest BCUT2D eigenvalue weighted by Crippen LogP contribution is -2.24. The molecule has 20 heavy (non-hydrogen) atoms. The van der Waals surface area contributed by atoms with Gasteiger partial charge in [0.05, 0.1) is 0 Å². The van der Waals surface area contributed by atoms with E-state index in [1.54, 1.807) is 0 Å². The van der Waals surface area contributed by atoms with E-state index in [4.69, 9.17) is 0 Å². The average Bonchev–Trinajstić information content (AvgIpc) is 2.53. The van der Waals surface area contributed by atoms with Gasteiger partial charge in [0.2, 0.25) is 0 Å². The molecule has 1 aromatic carbocycles. The van der Waals surface area contributed by atoms with Crippen LogP contribution in [0.1, 0.15) is 56.3 Å². The van der Waals surface area contributed by atoms with Crippen LogP contribution in [0.2, 0.25) is 0 Å². The highest BCUT2D eigenvalue weighted by atomic mass is 14.9. The molecule has 2 nitrogen and oxygen atoms in total. The molecule has 2 aromatic rings. The minimum Gasteiger partial charge on any atom is -0.303 e. The zero-order chi connectivity index (χ0) is 14.2. The summed E-state index contributed by atoms with van der Waals surface area (Å²) in [5.74, 6) is 0. The van der Waals surface area contributed by atoms with Crippen molar-refractivity contribution in [2.45, 2.75) is 45.2 Å². The van der Waals surface area contributed by atoms with E-state index < -0.39 is 0 Å². The molecule has 1 N–H and O–H groups in total. The van der Waals surface area contributed by atoms with Crippen molar-refractivity contribution in [1.82, 2.24) is 10.3 Å². The second-order valence-electron chi connectivity index (χ2n) is 5.27. The van der Waals surface area contributed by atoms with Gasteiger partial charge in [0.15, 0.2) is 0 Å². The predicted molar refractivity (Wildman–Crippen MR) is 84.5 cm³/mol. The fraction of sp³-hybridized carbons (Fsp3) is 0.389. The van der Waals surface area contributed by atoms with E-state index in [9.17, 15) is 0 Å². The van der Waals surface area contributed by atoms with Gasteiger partial charge in [0.1, 0.15) is 0 Å². The largest absolute Gasteiger partial charge is 0.303 e. The number of aromatic nitrogens is 1. The Balaban J connectivity index is 2.08. The van der Waals surface area contributed by atoms with Gasteiger partial charge in [-0.3, -0.25) is 4.98 Å². The van der Waals surface area contributed by atoms with Crippen molar-refractivity contribution in [3.05, 3.63) is 66.0 Å². The Morgan fingerprint density at radius 1 is 1.00 bits per heavy atom. The maximum Gasteiger partial charge on any atom is 0.0325 e. The smallest absolute Gasteiger partial charge is 0.0325 e. The van der Waals surface area contributed by atoms with Crippen LogP contribution in [0.3, 0.4) is 0 Å². The van der Waals surface area contributed by atoms with Crippen molar-refractivity contribution in [2.75, 3.05) is 0 Å². The third-order valence-corrected chi connectivity index (χ3v) is 3.71. The lowest BCUT2D eigenvalue weighted by atomic mass is 9.99. The van der Waals surface area contributed by atoms with E-state index in [0.717, 1.165) is 0 Å². The zero-order valence-corrected chi connectivity index (χ0v) is 12.4. The van der Waals surface area contributed by atoms with Gasteiger partial charge in [-0.25, -0.2) is 0 Å². The third-order valence-electron chi connectivity index (χ3n) is 3.71. The quantitative estimate of drug-likeness (QED) is 0.789. The van der Waals surface area contributed by atoms with Crippen molar-refractivity contribution in [3.8, 4) is 0 Å². The molecule has 2 atom stereocenters. The summed E-state index contributed by atoms with van der Waals surface area (Å²) in [6.07, 6.45) is 7.37. The van der Waals surface area contributed by atoms with Crippen LogP contribution in [-0.4, -0.2) is 4.98 Å². The fourth-order valence-electron chi connectivity index (χ4n) is 2.49. The summed E-state index contributed by atoms with van der Waals surface area (Å²) >= 11 is 0. The van der Waals surface area contributed by atoms with Crippen molar-refractivity contribution < 1.29 is 0 Å². The zero-order valence-electron chi connectivity index (χ0n) is 12.4. The van der Waals surface area contributed by atoms with Crippen LogP contribution in [0.5, 0.6) is 0 Å². The molecule has 1 aromatic heterocycles. The Kier molecular flexibility index (Phi) is 5.75. The highest BCUT2D eigenvalue weighted by molar-refractivity contribution is 5.21. The van der Waals surface area contributed by atoms with Gasteiger partial charge in [-0.05, 0) is 36.6 Å². The summed E-state index contributed by atoms with van der Waals surface area (Å²) in [7, 11) is 0. The maximum atomic E-state index is 4.09. The molecule has 0 fully saturated rings. The SMILES string of the molecule is CCCCC(NC(C)c1ccncc1)c1ccccc1. The van der Waals surface area contributed by atoms with Gasteiger partial charge in [0, 0.05) is 24.5 Å². The minimum absolute atomic E-state index is 0.333. The third kappa shape index (κ3) is 4.17. The molecular weight excluding hydrogens is 244 g/mol. The van der Waals surface area contributed by atoms with Crippen LogP contribution in [0.25, 0.3) is 0 Å². The number of pyridine rings is 1. The molecule has 2 heteroatoms. The van der Waals surface area contributed by atoms with Gasteiger partial charge >= 0.3 is 0 Å². The van der Waals surface area contributed by atoms with Crippen LogP contribution < -0.4 is 5.32 Å². The van der Waals surface area contributed by atoms with Crippen molar-refractivity contribution in [3.63, 3.8) is 0 Å². The summed E-state index contributed by atoms with van der Waals surface area (Å²) in [5.41, 5.74) is 2.67. The molecule has 0 aliphatic carbocycles. The standard InChI is InChI=1S/C18H24N2/c1-3-4-10-18(17-8-6-5-7-9-17)20-15(2)16-11-13-19-14-12-16/h5-9,11-15,18,20H,3-4,10H2,1-2H3. The van der Waals surface area contributed by atoms with Crippen molar-refractivity contribution >= 4 is 0 Å². The van der Waals surface area contributed by atoms with Crippen LogP contribution in [0.15, 0.2) is 54.9 Å². The second-order valence-corrected chi connectivity index (χ2v) is 5.27. The first-order chi connectivity index (χ1) is 9.81. The first kappa shape index (κ1) is 14.7. The van der Waals surface area contributed by atoms with Crippen LogP contribution in [0.4, 0.5) is 0 Å². The van der Waals surface area contributed by atoms with Crippen LogP contribution in [0, 0.1) is 0 Å². The first-order valence-electron chi connectivity index (χ1n) is 7.52. The molecule has 0 saturated heterocycles. The van der Waals surface area contributed by atoms with Gasteiger partial charge in [-0.1, -0.05) is 50.1 Å². The van der Waals surface area contributed by atoms with Gasteiger partial charge in [0.25, 0.3) is 0 Å². The summed E-state index contributed by atoms with van der Waals surface area (Å²) in [5, 5.41) is 3.76. The Hall–Kier alpha value is -1.67. The number of benzene rings is 1. The second kappa shape index (κ2) is 7.81. The van der Waals surface area contributed by atoms with E-state index in [1.807, 2.05) is 12.4 Å². The molecule has 2 rings (SSSR count). The first-order valence-corrected chi connectivity index (χ1v) is 7.52. The number of hydrogen-bond acceptors (Lipinski definition) is 2. The van der Waals surface area contributed by atoms with Gasteiger partial charge < -0.3 is 5.32 Å². The highest BCUT2D eigenvalue weighted by Gasteiger charge is 2.14. The topological polar surface area (TPSA) is 24.9 Å². The summed E-state index contributed by atoms with van der Waals surface area (Å²) in [6.45, 7) is 4.46. The van der Waals surface area contributed by atoms with E-state index in [1.165, 1.54) is 30.4 Å². The number of rotatable bonds is 7. The molecular formula is C18H24N2. The lowest BCUT2D eigenvalue weighted by Gasteiger charge is -2.24. The lowest BCUT2D eigenvalue weighted by molar-refractivity contribution is 0.431. The van der Waals surface area contributed by atoms with Crippen LogP contribution in [-0.2, 0) is 0 Å². The molecule has 0 aliphatic heterocycles. The fourth-order valence-corrected chi connectivity index (χ4v) is 2.49. The normalized spacial score (nSPS) is 13.9. The summed E-state index contributed by atoms with van der Waals surface area (Å²) in [4.78, 5) is 4.09. The maximum absolute atomic E-state index is 4.09. The van der Waals surface area contributed by atoms with Crippen molar-refractivity contribution in [1.29, 1.82) is 0 Å². The molecule has 0 aliphatic rings. The summed E-state index contributed by atoms with van der Waals surface area (Å²) < 4.78 is 0. The van der Waals surface area contributed by atoms with Gasteiger partial charge in [-0.2, -0.15) is 0 Å². The Bertz CT molecular complexity index is 481. The molecule has 106 valence electrons. The average molecular weight is 268 g/mol. The molecule has 0 saturated carbocycles. The van der Waals surface area contributed by atoms with Gasteiger partial charge in [-0.15, -0.1) is 0 Å². The number of nitrogens with zero attached hydrogens (tertiary/aromatic N) is 1. The van der Waals surface area contributed by atoms with E-state index in [-0.39, 0.29) is 0 Å². The predicted octanol–water partition coefficient (Wildman–Crippen LogP) is 4.66. The number of nitrogens with one attached hydrogen (secondary N) is 1. The van der Waals surface area contributed by atoms with E-state index in [2.05, 4.69) is 66.6 Å². The molecule has 0 radical (unpaired) electrons.